The first-order valence-corrected chi connectivity index (χ1v) is 14.4. The molecule has 0 spiro atoms. The smallest absolute Gasteiger partial charge is 0.311 e. The minimum absolute atomic E-state index is 0.197. The summed E-state index contributed by atoms with van der Waals surface area (Å²) >= 11 is 0. The van der Waals surface area contributed by atoms with E-state index in [0.717, 1.165) is 0 Å². The van der Waals surface area contributed by atoms with Crippen LogP contribution in [-0.2, 0) is 28.5 Å². The van der Waals surface area contributed by atoms with Crippen LogP contribution in [0, 0.1) is 17.8 Å². The third-order valence-electron chi connectivity index (χ3n) is 8.86. The largest absolute Gasteiger partial charge is 0.459 e. The third kappa shape index (κ3) is 7.70. The van der Waals surface area contributed by atoms with Gasteiger partial charge < -0.3 is 39.2 Å². The van der Waals surface area contributed by atoms with E-state index in [2.05, 4.69) is 0 Å². The number of hydrogen-bond acceptors (Lipinski definition) is 10. The molecular weight excluding hydrogens is 518 g/mol. The van der Waals surface area contributed by atoms with Crippen molar-refractivity contribution in [1.82, 2.24) is 4.90 Å². The fourth-order valence-electron chi connectivity index (χ4n) is 6.27. The molecule has 10 heteroatoms. The molecule has 0 aromatic heterocycles. The number of methoxy groups -OCH3 is 1. The van der Waals surface area contributed by atoms with Crippen molar-refractivity contribution in [3.8, 4) is 0 Å². The zero-order chi connectivity index (χ0) is 30.7. The van der Waals surface area contributed by atoms with Crippen LogP contribution in [0.4, 0.5) is 0 Å². The normalized spacial score (nSPS) is 45.9. The summed E-state index contributed by atoms with van der Waals surface area (Å²) < 4.78 is 24.3. The molecule has 40 heavy (non-hydrogen) atoms. The summed E-state index contributed by atoms with van der Waals surface area (Å²) in [5.74, 6) is -3.09. The van der Waals surface area contributed by atoms with Gasteiger partial charge in [-0.25, -0.2) is 0 Å². The molecule has 0 radical (unpaired) electrons. The van der Waals surface area contributed by atoms with Crippen molar-refractivity contribution in [2.75, 3.05) is 21.2 Å². The highest BCUT2D eigenvalue weighted by Gasteiger charge is 2.49. The Morgan fingerprint density at radius 1 is 1.10 bits per heavy atom. The molecule has 0 aliphatic carbocycles. The van der Waals surface area contributed by atoms with Gasteiger partial charge in [0.05, 0.1) is 29.8 Å². The lowest BCUT2D eigenvalue weighted by Crippen LogP contribution is -2.59. The molecule has 12 atom stereocenters. The number of carbonyl (C=O) groups is 2. The van der Waals surface area contributed by atoms with Crippen LogP contribution in [0.1, 0.15) is 74.7 Å². The molecule has 0 aromatic carbocycles. The number of esters is 1. The number of aliphatic hydroxyl groups is 3. The zero-order valence-corrected chi connectivity index (χ0v) is 26.2. The van der Waals surface area contributed by atoms with Crippen molar-refractivity contribution >= 4 is 11.8 Å². The molecule has 232 valence electrons. The van der Waals surface area contributed by atoms with Gasteiger partial charge in [0, 0.05) is 25.0 Å². The van der Waals surface area contributed by atoms with Crippen LogP contribution in [-0.4, -0.2) is 107 Å². The quantitative estimate of drug-likeness (QED) is 0.422. The maximum absolute atomic E-state index is 13.5. The fourth-order valence-corrected chi connectivity index (χ4v) is 6.27. The highest BCUT2D eigenvalue weighted by Crippen LogP contribution is 2.38. The summed E-state index contributed by atoms with van der Waals surface area (Å²) in [7, 11) is 5.28. The van der Waals surface area contributed by atoms with Crippen LogP contribution in [0.5, 0.6) is 0 Å². The molecule has 0 bridgehead atoms. The average Bonchev–Trinajstić information content (AvgIpc) is 2.88. The molecule has 10 nitrogen and oxygen atoms in total. The van der Waals surface area contributed by atoms with E-state index in [1.807, 2.05) is 25.9 Å². The molecule has 1 saturated heterocycles. The molecule has 3 N–H and O–H groups in total. The Balaban J connectivity index is 2.61. The Morgan fingerprint density at radius 3 is 2.23 bits per heavy atom. The Labute approximate surface area is 240 Å². The lowest BCUT2D eigenvalue weighted by atomic mass is 9.76. The van der Waals surface area contributed by atoms with Gasteiger partial charge in [-0.1, -0.05) is 20.8 Å². The Morgan fingerprint density at radius 2 is 1.70 bits per heavy atom. The van der Waals surface area contributed by atoms with Gasteiger partial charge >= 0.3 is 5.97 Å². The fraction of sp³-hybridized carbons (Fsp3) is 0.867. The number of Topliss-reactive ketones (excluding diaryl/α,β-unsaturated/α-hetero) is 1. The van der Waals surface area contributed by atoms with E-state index in [1.165, 1.54) is 20.1 Å². The number of hydrogen-bond donors (Lipinski definition) is 3. The number of ketones is 1. The highest BCUT2D eigenvalue weighted by atomic mass is 16.7. The first-order valence-electron chi connectivity index (χ1n) is 14.4. The maximum Gasteiger partial charge on any atom is 0.311 e. The summed E-state index contributed by atoms with van der Waals surface area (Å²) in [6.45, 7) is 13.7. The third-order valence-corrected chi connectivity index (χ3v) is 8.86. The number of cyclic esters (lactones) is 1. The van der Waals surface area contributed by atoms with Gasteiger partial charge in [-0.2, -0.15) is 0 Å². The first-order chi connectivity index (χ1) is 18.4. The molecule has 2 rings (SSSR count). The van der Waals surface area contributed by atoms with Gasteiger partial charge in [-0.3, -0.25) is 9.59 Å². The van der Waals surface area contributed by atoms with E-state index < -0.39 is 65.6 Å². The SMILES string of the molecule is CC[C@H]1OC(=O)[C@H](C)[C@@H](O)[C@@H](C)[C@@H](O[C@@H]2O[C@H](C)C[C@H](N(C)C)[C@H]2O)[C@](C)(OC)C[C@@H](C)C(=O)/C(C)=C/[C@]1(C)O. The van der Waals surface area contributed by atoms with E-state index in [9.17, 15) is 24.9 Å². The molecule has 0 amide bonds. The van der Waals surface area contributed by atoms with Gasteiger partial charge in [-0.05, 0) is 79.6 Å². The summed E-state index contributed by atoms with van der Waals surface area (Å²) in [6.07, 6.45) is -2.68. The topological polar surface area (TPSA) is 135 Å². The average molecular weight is 572 g/mol. The second-order valence-electron chi connectivity index (χ2n) is 12.6. The van der Waals surface area contributed by atoms with Crippen LogP contribution in [0.3, 0.4) is 0 Å². The second kappa shape index (κ2) is 13.7. The summed E-state index contributed by atoms with van der Waals surface area (Å²) in [5.41, 5.74) is -2.38. The van der Waals surface area contributed by atoms with Crippen molar-refractivity contribution in [3.05, 3.63) is 11.6 Å². The van der Waals surface area contributed by atoms with Crippen molar-refractivity contribution < 1.29 is 43.9 Å². The highest BCUT2D eigenvalue weighted by molar-refractivity contribution is 5.96. The number of ether oxygens (including phenoxy) is 4. The Bertz CT molecular complexity index is 906. The number of rotatable bonds is 5. The van der Waals surface area contributed by atoms with E-state index in [4.69, 9.17) is 18.9 Å². The predicted molar refractivity (Wildman–Crippen MR) is 150 cm³/mol. The number of likely N-dealkylation sites (N-methyl/N-ethyl adjacent to an activating group) is 1. The van der Waals surface area contributed by atoms with Gasteiger partial charge in [-0.15, -0.1) is 0 Å². The van der Waals surface area contributed by atoms with Gasteiger partial charge in [0.2, 0.25) is 0 Å². The number of nitrogens with zero attached hydrogens (tertiary/aromatic N) is 1. The molecule has 2 aliphatic heterocycles. The Hall–Kier alpha value is -1.40. The van der Waals surface area contributed by atoms with Crippen LogP contribution in [0.25, 0.3) is 0 Å². The maximum atomic E-state index is 13.5. The molecule has 1 fully saturated rings. The minimum atomic E-state index is -1.59. The first kappa shape index (κ1) is 34.8. The second-order valence-corrected chi connectivity index (χ2v) is 12.6. The lowest BCUT2D eigenvalue weighted by molar-refractivity contribution is -0.301. The van der Waals surface area contributed by atoms with Gasteiger partial charge in [0.25, 0.3) is 0 Å². The molecule has 0 aromatic rings. The summed E-state index contributed by atoms with van der Waals surface area (Å²) in [4.78, 5) is 28.6. The van der Waals surface area contributed by atoms with E-state index in [1.54, 1.807) is 41.5 Å². The molecular formula is C30H53NO9. The number of carbonyl (C=O) groups excluding carboxylic acids is 2. The zero-order valence-electron chi connectivity index (χ0n) is 26.2. The minimum Gasteiger partial charge on any atom is -0.459 e. The predicted octanol–water partition coefficient (Wildman–Crippen LogP) is 2.46. The monoisotopic (exact) mass is 571 g/mol. The summed E-state index contributed by atoms with van der Waals surface area (Å²) in [6, 6.07) is -0.220. The lowest BCUT2D eigenvalue weighted by Gasteiger charge is -2.47. The van der Waals surface area contributed by atoms with Crippen molar-refractivity contribution in [1.29, 1.82) is 0 Å². The molecule has 0 unspecified atom stereocenters. The van der Waals surface area contributed by atoms with Crippen LogP contribution >= 0.6 is 0 Å². The van der Waals surface area contributed by atoms with E-state index in [-0.39, 0.29) is 24.3 Å². The molecule has 2 aliphatic rings. The van der Waals surface area contributed by atoms with Crippen LogP contribution in [0.15, 0.2) is 11.6 Å². The van der Waals surface area contributed by atoms with E-state index in [0.29, 0.717) is 18.4 Å². The van der Waals surface area contributed by atoms with Gasteiger partial charge in [0.15, 0.2) is 12.1 Å². The van der Waals surface area contributed by atoms with Crippen molar-refractivity contribution in [2.45, 2.75) is 129 Å². The Kier molecular flexibility index (Phi) is 11.9. The standard InChI is InChI=1S/C30H53NO9/c1-12-22-29(7,36)14-16(2)23(32)17(3)15-30(8,37-11)26(19(5)24(33)20(6)27(35)39-22)40-28-25(34)21(31(9)10)13-18(4)38-28/h14,17-22,24-26,28,33-34,36H,12-13,15H2,1-11H3/b16-14+/t17-,18-,19-,20-,21+,22-,24+,25-,26-,28+,29+,30-/m1/s1. The summed E-state index contributed by atoms with van der Waals surface area (Å²) in [5, 5.41) is 33.8. The van der Waals surface area contributed by atoms with Crippen LogP contribution < -0.4 is 0 Å². The number of aliphatic hydroxyl groups excluding tert-OH is 2. The van der Waals surface area contributed by atoms with Crippen molar-refractivity contribution in [2.24, 2.45) is 17.8 Å². The van der Waals surface area contributed by atoms with Gasteiger partial charge in [0.1, 0.15) is 17.8 Å². The van der Waals surface area contributed by atoms with Crippen molar-refractivity contribution in [3.63, 3.8) is 0 Å². The number of allylic oxidation sites excluding steroid dienone is 1. The molecule has 2 heterocycles. The van der Waals surface area contributed by atoms with Crippen LogP contribution in [0.2, 0.25) is 0 Å². The molecule has 0 saturated carbocycles. The van der Waals surface area contributed by atoms with E-state index >= 15 is 0 Å².